The summed E-state index contributed by atoms with van der Waals surface area (Å²) >= 11 is 0.929. The Bertz CT molecular complexity index is 537. The van der Waals surface area contributed by atoms with Crippen LogP contribution in [0, 0.1) is 0 Å². The van der Waals surface area contributed by atoms with E-state index >= 15 is 0 Å². The van der Waals surface area contributed by atoms with E-state index < -0.39 is 27.4 Å². The Labute approximate surface area is 144 Å². The summed E-state index contributed by atoms with van der Waals surface area (Å²) in [5.41, 5.74) is 0.834. The molecule has 0 amide bonds. The smallest absolute Gasteiger partial charge is 0.416 e. The molecule has 1 aromatic heterocycles. The van der Waals surface area contributed by atoms with Gasteiger partial charge < -0.3 is 4.43 Å². The molecule has 0 bridgehead atoms. The van der Waals surface area contributed by atoms with Crippen LogP contribution in [0.2, 0.25) is 37.8 Å². The molecule has 1 heterocycles. The van der Waals surface area contributed by atoms with Crippen LogP contribution in [0.3, 0.4) is 0 Å². The van der Waals surface area contributed by atoms with Crippen LogP contribution in [0.15, 0.2) is 6.07 Å². The second kappa shape index (κ2) is 6.65. The van der Waals surface area contributed by atoms with Crippen molar-refractivity contribution >= 4 is 32.2 Å². The molecule has 1 rings (SSSR count). The van der Waals surface area contributed by atoms with Gasteiger partial charge in [0.2, 0.25) is 0 Å². The zero-order valence-corrected chi connectivity index (χ0v) is 18.3. The molecule has 7 heteroatoms. The highest BCUT2D eigenvalue weighted by Gasteiger charge is 2.38. The van der Waals surface area contributed by atoms with Crippen LogP contribution in [0.25, 0.3) is 0 Å². The molecule has 23 heavy (non-hydrogen) atoms. The van der Waals surface area contributed by atoms with Gasteiger partial charge in [-0.3, -0.25) is 0 Å². The van der Waals surface area contributed by atoms with Crippen LogP contribution in [-0.2, 0) is 17.0 Å². The average molecular weight is 383 g/mol. The van der Waals surface area contributed by atoms with Gasteiger partial charge >= 0.3 is 6.18 Å². The molecule has 0 aliphatic heterocycles. The maximum atomic E-state index is 13.0. The lowest BCUT2D eigenvalue weighted by Gasteiger charge is -2.36. The van der Waals surface area contributed by atoms with E-state index in [-0.39, 0.29) is 5.04 Å². The Hall–Kier alpha value is -0.116. The van der Waals surface area contributed by atoms with Crippen molar-refractivity contribution in [2.45, 2.75) is 71.1 Å². The van der Waals surface area contributed by atoms with Crippen LogP contribution >= 0.6 is 11.3 Å². The lowest BCUT2D eigenvalue weighted by atomic mass is 10.2. The first-order chi connectivity index (χ1) is 10.1. The summed E-state index contributed by atoms with van der Waals surface area (Å²) in [6.07, 6.45) is -3.68. The molecule has 0 fully saturated rings. The van der Waals surface area contributed by atoms with Crippen molar-refractivity contribution in [1.29, 1.82) is 0 Å². The predicted octanol–water partition coefficient (Wildman–Crippen LogP) is 5.88. The third kappa shape index (κ3) is 5.44. The Balaban J connectivity index is 2.94. The minimum atomic E-state index is -4.25. The molecule has 0 aromatic carbocycles. The SMILES string of the molecule is CC(C)(C)[Si](C)(C)OCCc1cc(C(F)(F)F)sc1[Si](C)(C)C. The topological polar surface area (TPSA) is 9.23 Å². The van der Waals surface area contributed by atoms with Crippen molar-refractivity contribution in [2.24, 2.45) is 0 Å². The largest absolute Gasteiger partial charge is 0.425 e. The average Bonchev–Trinajstić information content (AvgIpc) is 2.70. The zero-order chi connectivity index (χ0) is 18.3. The molecular formula is C16H29F3OSSi2. The van der Waals surface area contributed by atoms with Gasteiger partial charge in [0.15, 0.2) is 8.32 Å². The second-order valence-electron chi connectivity index (χ2n) is 8.57. The normalized spacial score (nSPS) is 14.4. The monoisotopic (exact) mass is 382 g/mol. The standard InChI is InChI=1S/C16H29F3OSSi2/c1-15(2,3)23(7,8)20-10-9-12-11-13(16(17,18)19)21-14(12)22(4,5)6/h11H,9-10H2,1-8H3. The van der Waals surface area contributed by atoms with E-state index in [9.17, 15) is 13.2 Å². The molecule has 0 spiro atoms. The molecule has 0 unspecified atom stereocenters. The second-order valence-corrected chi connectivity index (χ2v) is 19.8. The summed E-state index contributed by atoms with van der Waals surface area (Å²) < 4.78 is 46.2. The molecule has 0 saturated heterocycles. The Morgan fingerprint density at radius 2 is 1.57 bits per heavy atom. The highest BCUT2D eigenvalue weighted by Crippen LogP contribution is 2.37. The maximum absolute atomic E-state index is 13.0. The molecule has 0 atom stereocenters. The van der Waals surface area contributed by atoms with Gasteiger partial charge in [-0.15, -0.1) is 11.3 Å². The summed E-state index contributed by atoms with van der Waals surface area (Å²) in [5.74, 6) is 0. The van der Waals surface area contributed by atoms with Crippen LogP contribution in [0.4, 0.5) is 13.2 Å². The molecule has 0 radical (unpaired) electrons. The van der Waals surface area contributed by atoms with Gasteiger partial charge in [0.1, 0.15) is 4.88 Å². The third-order valence-electron chi connectivity index (χ3n) is 4.41. The fourth-order valence-electron chi connectivity index (χ4n) is 2.02. The molecule has 0 aliphatic carbocycles. The first-order valence-corrected chi connectivity index (χ1v) is 15.1. The van der Waals surface area contributed by atoms with E-state index in [1.54, 1.807) is 0 Å². The van der Waals surface area contributed by atoms with Crippen molar-refractivity contribution in [2.75, 3.05) is 6.61 Å². The maximum Gasteiger partial charge on any atom is 0.425 e. The van der Waals surface area contributed by atoms with Crippen LogP contribution < -0.4 is 4.50 Å². The van der Waals surface area contributed by atoms with Gasteiger partial charge in [0.05, 0.1) is 8.07 Å². The van der Waals surface area contributed by atoms with E-state index in [1.165, 1.54) is 6.07 Å². The molecular weight excluding hydrogens is 353 g/mol. The molecule has 134 valence electrons. The summed E-state index contributed by atoms with van der Waals surface area (Å²) in [6, 6.07) is 1.34. The van der Waals surface area contributed by atoms with Gasteiger partial charge in [0, 0.05) is 6.61 Å². The number of hydrogen-bond donors (Lipinski definition) is 0. The van der Waals surface area contributed by atoms with Gasteiger partial charge in [-0.05, 0) is 40.7 Å². The summed E-state index contributed by atoms with van der Waals surface area (Å²) in [4.78, 5) is -0.475. The molecule has 0 saturated carbocycles. The number of rotatable bonds is 5. The van der Waals surface area contributed by atoms with E-state index in [2.05, 4.69) is 53.5 Å². The van der Waals surface area contributed by atoms with Crippen molar-refractivity contribution in [1.82, 2.24) is 0 Å². The van der Waals surface area contributed by atoms with Crippen molar-refractivity contribution in [3.05, 3.63) is 16.5 Å². The van der Waals surface area contributed by atoms with Crippen molar-refractivity contribution in [3.63, 3.8) is 0 Å². The highest BCUT2D eigenvalue weighted by atomic mass is 32.1. The van der Waals surface area contributed by atoms with Gasteiger partial charge in [-0.1, -0.05) is 40.4 Å². The molecule has 0 aliphatic rings. The van der Waals surface area contributed by atoms with Gasteiger partial charge in [-0.2, -0.15) is 13.2 Å². The Kier molecular flexibility index (Phi) is 6.05. The highest BCUT2D eigenvalue weighted by molar-refractivity contribution is 7.26. The van der Waals surface area contributed by atoms with Crippen molar-refractivity contribution < 1.29 is 17.6 Å². The first kappa shape index (κ1) is 20.9. The van der Waals surface area contributed by atoms with E-state index in [4.69, 9.17) is 4.43 Å². The van der Waals surface area contributed by atoms with E-state index in [1.807, 2.05) is 0 Å². The Morgan fingerprint density at radius 3 is 1.96 bits per heavy atom. The van der Waals surface area contributed by atoms with Gasteiger partial charge in [0.25, 0.3) is 0 Å². The lowest BCUT2D eigenvalue weighted by Crippen LogP contribution is -2.42. The van der Waals surface area contributed by atoms with Crippen LogP contribution in [0.1, 0.15) is 31.2 Å². The lowest BCUT2D eigenvalue weighted by molar-refractivity contribution is -0.134. The number of halogens is 3. The van der Waals surface area contributed by atoms with E-state index in [0.717, 1.165) is 21.4 Å². The fourth-order valence-corrected chi connectivity index (χ4v) is 6.61. The molecule has 1 aromatic rings. The predicted molar refractivity (Wildman–Crippen MR) is 99.2 cm³/mol. The minimum absolute atomic E-state index is 0.111. The number of thiophene rings is 1. The fraction of sp³-hybridized carbons (Fsp3) is 0.750. The minimum Gasteiger partial charge on any atom is -0.416 e. The third-order valence-corrected chi connectivity index (χ3v) is 13.8. The first-order valence-electron chi connectivity index (χ1n) is 7.90. The van der Waals surface area contributed by atoms with Crippen LogP contribution in [0.5, 0.6) is 0 Å². The van der Waals surface area contributed by atoms with E-state index in [0.29, 0.717) is 13.0 Å². The summed E-state index contributed by atoms with van der Waals surface area (Å²) in [6.45, 7) is 17.6. The molecule has 1 nitrogen and oxygen atoms in total. The number of hydrogen-bond acceptors (Lipinski definition) is 2. The number of alkyl halides is 3. The summed E-state index contributed by atoms with van der Waals surface area (Å²) in [5, 5.41) is 0.111. The zero-order valence-electron chi connectivity index (χ0n) is 15.4. The van der Waals surface area contributed by atoms with Gasteiger partial charge in [-0.25, -0.2) is 0 Å². The quantitative estimate of drug-likeness (QED) is 0.578. The Morgan fingerprint density at radius 1 is 1.04 bits per heavy atom. The van der Waals surface area contributed by atoms with Crippen molar-refractivity contribution in [3.8, 4) is 0 Å². The van der Waals surface area contributed by atoms with Crippen LogP contribution in [-0.4, -0.2) is 23.0 Å². The summed E-state index contributed by atoms with van der Waals surface area (Å²) in [7, 11) is -3.65. The molecule has 0 N–H and O–H groups in total.